The van der Waals surface area contributed by atoms with Crippen LogP contribution in [0, 0.1) is 0 Å². The quantitative estimate of drug-likeness (QED) is 0.519. The van der Waals surface area contributed by atoms with Gasteiger partial charge in [0.15, 0.2) is 0 Å². The highest BCUT2D eigenvalue weighted by atomic mass is 16.5. The maximum absolute atomic E-state index is 11.6. The van der Waals surface area contributed by atoms with E-state index in [1.807, 2.05) is 0 Å². The van der Waals surface area contributed by atoms with Gasteiger partial charge in [0, 0.05) is 20.2 Å². The van der Waals surface area contributed by atoms with Crippen LogP contribution in [-0.4, -0.2) is 63.2 Å². The molecule has 0 spiro atoms. The average Bonchev–Trinajstić information content (AvgIpc) is 2.30. The molecule has 16 heavy (non-hydrogen) atoms. The third kappa shape index (κ3) is 4.89. The second-order valence-corrected chi connectivity index (χ2v) is 3.77. The predicted molar refractivity (Wildman–Crippen MR) is 58.1 cm³/mol. The molecule has 6 nitrogen and oxygen atoms in total. The molecular formula is C10H20N2O4. The summed E-state index contributed by atoms with van der Waals surface area (Å²) in [5.74, 6) is -0.0793. The summed E-state index contributed by atoms with van der Waals surface area (Å²) in [5.41, 5.74) is 0. The molecule has 0 aromatic carbocycles. The lowest BCUT2D eigenvalue weighted by Gasteiger charge is -2.23. The number of aliphatic hydroxyl groups is 1. The zero-order chi connectivity index (χ0) is 11.8. The highest BCUT2D eigenvalue weighted by molar-refractivity contribution is 5.81. The molecule has 0 aliphatic carbocycles. The van der Waals surface area contributed by atoms with E-state index in [0.29, 0.717) is 39.3 Å². The van der Waals surface area contributed by atoms with E-state index in [2.05, 4.69) is 10.6 Å². The molecule has 94 valence electrons. The number of nitrogens with one attached hydrogen (secondary N) is 2. The average molecular weight is 232 g/mol. The van der Waals surface area contributed by atoms with Crippen LogP contribution >= 0.6 is 0 Å². The molecule has 1 fully saturated rings. The fourth-order valence-corrected chi connectivity index (χ4v) is 1.49. The van der Waals surface area contributed by atoms with E-state index in [0.717, 1.165) is 0 Å². The van der Waals surface area contributed by atoms with Gasteiger partial charge in [0.25, 0.3) is 0 Å². The lowest BCUT2D eigenvalue weighted by atomic mass is 10.2. The number of carbonyl (C=O) groups is 1. The van der Waals surface area contributed by atoms with E-state index in [-0.39, 0.29) is 11.9 Å². The van der Waals surface area contributed by atoms with E-state index >= 15 is 0 Å². The Kier molecular flexibility index (Phi) is 6.32. The van der Waals surface area contributed by atoms with Gasteiger partial charge in [0.05, 0.1) is 25.9 Å². The van der Waals surface area contributed by atoms with Crippen LogP contribution in [0.1, 0.15) is 6.42 Å². The van der Waals surface area contributed by atoms with Crippen molar-refractivity contribution in [1.82, 2.24) is 10.6 Å². The Balaban J connectivity index is 2.09. The van der Waals surface area contributed by atoms with Crippen molar-refractivity contribution in [2.75, 3.05) is 40.0 Å². The summed E-state index contributed by atoms with van der Waals surface area (Å²) >= 11 is 0. The minimum absolute atomic E-state index is 0.0793. The van der Waals surface area contributed by atoms with Crippen molar-refractivity contribution in [2.24, 2.45) is 0 Å². The highest BCUT2D eigenvalue weighted by Crippen LogP contribution is 1.94. The molecule has 1 aliphatic heterocycles. The molecular weight excluding hydrogens is 212 g/mol. The molecule has 1 aliphatic rings. The number of hydrogen-bond acceptors (Lipinski definition) is 5. The van der Waals surface area contributed by atoms with Crippen LogP contribution < -0.4 is 10.6 Å². The molecule has 1 amide bonds. The summed E-state index contributed by atoms with van der Waals surface area (Å²) in [6.45, 7) is 2.50. The second-order valence-electron chi connectivity index (χ2n) is 3.77. The normalized spacial score (nSPS) is 22.8. The molecule has 0 radical (unpaired) electrons. The number of aliphatic hydroxyl groups excluding tert-OH is 1. The van der Waals surface area contributed by atoms with E-state index in [1.165, 1.54) is 7.11 Å². The lowest BCUT2D eigenvalue weighted by molar-refractivity contribution is -0.126. The molecule has 6 heteroatoms. The summed E-state index contributed by atoms with van der Waals surface area (Å²) in [6.07, 6.45) is -0.0338. The molecule has 1 rings (SSSR count). The van der Waals surface area contributed by atoms with Crippen molar-refractivity contribution in [3.63, 3.8) is 0 Å². The zero-order valence-electron chi connectivity index (χ0n) is 9.57. The van der Waals surface area contributed by atoms with Gasteiger partial charge in [-0.25, -0.2) is 0 Å². The number of amides is 1. The summed E-state index contributed by atoms with van der Waals surface area (Å²) in [4.78, 5) is 11.6. The molecule has 2 unspecified atom stereocenters. The third-order valence-corrected chi connectivity index (χ3v) is 2.37. The van der Waals surface area contributed by atoms with Gasteiger partial charge >= 0.3 is 0 Å². The Bertz CT molecular complexity index is 207. The number of hydrogen-bond donors (Lipinski definition) is 3. The smallest absolute Gasteiger partial charge is 0.239 e. The van der Waals surface area contributed by atoms with Gasteiger partial charge in [-0.2, -0.15) is 0 Å². The minimum atomic E-state index is -0.527. The van der Waals surface area contributed by atoms with Crippen LogP contribution in [0.2, 0.25) is 0 Å². The first-order valence-electron chi connectivity index (χ1n) is 5.50. The van der Waals surface area contributed by atoms with Crippen LogP contribution in [0.25, 0.3) is 0 Å². The molecule has 1 heterocycles. The Labute approximate surface area is 95.3 Å². The van der Waals surface area contributed by atoms with Gasteiger partial charge in [-0.15, -0.1) is 0 Å². The number of morpholine rings is 1. The topological polar surface area (TPSA) is 79.8 Å². The van der Waals surface area contributed by atoms with Gasteiger partial charge in [-0.1, -0.05) is 0 Å². The van der Waals surface area contributed by atoms with Crippen LogP contribution in [0.4, 0.5) is 0 Å². The first kappa shape index (κ1) is 13.4. The lowest BCUT2D eigenvalue weighted by Crippen LogP contribution is -2.51. The van der Waals surface area contributed by atoms with Crippen molar-refractivity contribution in [3.8, 4) is 0 Å². The Hall–Kier alpha value is -0.690. The van der Waals surface area contributed by atoms with Crippen molar-refractivity contribution in [3.05, 3.63) is 0 Å². The molecule has 2 atom stereocenters. The first-order chi connectivity index (χ1) is 7.74. The first-order valence-corrected chi connectivity index (χ1v) is 5.50. The second kappa shape index (κ2) is 7.56. The number of rotatable bonds is 6. The Morgan fingerprint density at radius 1 is 1.75 bits per heavy atom. The van der Waals surface area contributed by atoms with Crippen LogP contribution in [-0.2, 0) is 14.3 Å². The van der Waals surface area contributed by atoms with Crippen molar-refractivity contribution in [2.45, 2.75) is 18.6 Å². The van der Waals surface area contributed by atoms with Crippen LogP contribution in [0.15, 0.2) is 0 Å². The predicted octanol–water partition coefficient (Wildman–Crippen LogP) is -1.51. The van der Waals surface area contributed by atoms with E-state index in [1.54, 1.807) is 0 Å². The van der Waals surface area contributed by atoms with Gasteiger partial charge < -0.3 is 25.2 Å². The standard InChI is InChI=1S/C10H20N2O4/c1-15-6-8(13)2-3-12-10(14)9-7-16-5-4-11-9/h8-9,11,13H,2-7H2,1H3,(H,12,14). The molecule has 0 bridgehead atoms. The number of ether oxygens (including phenoxy) is 2. The van der Waals surface area contributed by atoms with E-state index < -0.39 is 6.10 Å². The molecule has 1 saturated heterocycles. The molecule has 0 saturated carbocycles. The molecule has 3 N–H and O–H groups in total. The van der Waals surface area contributed by atoms with Crippen molar-refractivity contribution < 1.29 is 19.4 Å². The van der Waals surface area contributed by atoms with Gasteiger partial charge in [0.1, 0.15) is 6.04 Å². The molecule has 0 aromatic heterocycles. The summed E-state index contributed by atoms with van der Waals surface area (Å²) in [5, 5.41) is 15.2. The zero-order valence-corrected chi connectivity index (χ0v) is 9.57. The van der Waals surface area contributed by atoms with E-state index in [9.17, 15) is 9.90 Å². The van der Waals surface area contributed by atoms with Gasteiger partial charge in [0.2, 0.25) is 5.91 Å². The maximum Gasteiger partial charge on any atom is 0.239 e. The summed E-state index contributed by atoms with van der Waals surface area (Å²) in [7, 11) is 1.53. The number of carbonyl (C=O) groups excluding carboxylic acids is 1. The van der Waals surface area contributed by atoms with E-state index in [4.69, 9.17) is 9.47 Å². The SMILES string of the molecule is COCC(O)CCNC(=O)C1COCCN1. The van der Waals surface area contributed by atoms with Crippen molar-refractivity contribution >= 4 is 5.91 Å². The minimum Gasteiger partial charge on any atom is -0.391 e. The monoisotopic (exact) mass is 232 g/mol. The third-order valence-electron chi connectivity index (χ3n) is 2.37. The Morgan fingerprint density at radius 2 is 2.56 bits per heavy atom. The fourth-order valence-electron chi connectivity index (χ4n) is 1.49. The summed E-state index contributed by atoms with van der Waals surface area (Å²) < 4.78 is 9.96. The summed E-state index contributed by atoms with van der Waals surface area (Å²) in [6, 6.07) is -0.270. The fraction of sp³-hybridized carbons (Fsp3) is 0.900. The maximum atomic E-state index is 11.6. The number of methoxy groups -OCH3 is 1. The van der Waals surface area contributed by atoms with Gasteiger partial charge in [-0.3, -0.25) is 4.79 Å². The van der Waals surface area contributed by atoms with Crippen molar-refractivity contribution in [1.29, 1.82) is 0 Å². The Morgan fingerprint density at radius 3 is 3.19 bits per heavy atom. The van der Waals surface area contributed by atoms with Gasteiger partial charge in [-0.05, 0) is 6.42 Å². The molecule has 0 aromatic rings. The highest BCUT2D eigenvalue weighted by Gasteiger charge is 2.20. The van der Waals surface area contributed by atoms with Crippen LogP contribution in [0.5, 0.6) is 0 Å². The largest absolute Gasteiger partial charge is 0.391 e. The van der Waals surface area contributed by atoms with Crippen LogP contribution in [0.3, 0.4) is 0 Å².